The molecule has 0 spiro atoms. The van der Waals surface area contributed by atoms with E-state index in [9.17, 15) is 9.36 Å². The fourth-order valence-corrected chi connectivity index (χ4v) is 3.77. The van der Waals surface area contributed by atoms with Gasteiger partial charge in [0.2, 0.25) is 0 Å². The number of carboxylic acids is 1. The topological polar surface area (TPSA) is 107 Å². The average Bonchev–Trinajstić information content (AvgIpc) is 2.59. The van der Waals surface area contributed by atoms with Crippen LogP contribution in [0, 0.1) is 0 Å². The molecule has 16 heavy (non-hydrogen) atoms. The first-order chi connectivity index (χ1) is 7.39. The summed E-state index contributed by atoms with van der Waals surface area (Å²) >= 11 is 0.872. The highest BCUT2D eigenvalue weighted by Crippen LogP contribution is 2.40. The van der Waals surface area contributed by atoms with Crippen LogP contribution in [0.2, 0.25) is 0 Å². The highest BCUT2D eigenvalue weighted by atomic mass is 32.1. The first-order valence-corrected chi connectivity index (χ1v) is 6.97. The summed E-state index contributed by atoms with van der Waals surface area (Å²) in [5.74, 6) is -1.03. The van der Waals surface area contributed by atoms with Crippen LogP contribution in [0.25, 0.3) is 0 Å². The fourth-order valence-electron chi connectivity index (χ4n) is 1.65. The van der Waals surface area contributed by atoms with Crippen molar-refractivity contribution in [3.05, 3.63) is 16.5 Å². The lowest BCUT2D eigenvalue weighted by molar-refractivity contribution is -0.139. The van der Waals surface area contributed by atoms with Crippen molar-refractivity contribution in [3.63, 3.8) is 0 Å². The van der Waals surface area contributed by atoms with E-state index in [0.29, 0.717) is 17.8 Å². The molecule has 88 valence electrons. The standard InChI is InChI=1S/C8H10NO5PS/c10-8(11)6-7-4(1-2-9-6)3-5(16-7)15(12,13)14/h3,6,9H,1-2H2,(H,10,11)(H2,12,13,14). The van der Waals surface area contributed by atoms with Crippen LogP contribution in [0.15, 0.2) is 6.07 Å². The van der Waals surface area contributed by atoms with Crippen LogP contribution in [-0.2, 0) is 15.8 Å². The maximum absolute atomic E-state index is 11.1. The second kappa shape index (κ2) is 3.94. The van der Waals surface area contributed by atoms with Crippen molar-refractivity contribution in [1.29, 1.82) is 0 Å². The molecule has 0 bridgehead atoms. The number of nitrogens with one attached hydrogen (secondary N) is 1. The highest BCUT2D eigenvalue weighted by Gasteiger charge is 2.31. The van der Waals surface area contributed by atoms with Crippen LogP contribution >= 0.6 is 18.9 Å². The van der Waals surface area contributed by atoms with E-state index in [1.54, 1.807) is 0 Å². The summed E-state index contributed by atoms with van der Waals surface area (Å²) in [7, 11) is -4.28. The smallest absolute Gasteiger partial charge is 0.366 e. The maximum atomic E-state index is 11.1. The Labute approximate surface area is 95.1 Å². The minimum absolute atomic E-state index is 0.0625. The quantitative estimate of drug-likeness (QED) is 0.551. The molecule has 1 aromatic rings. The minimum Gasteiger partial charge on any atom is -0.480 e. The van der Waals surface area contributed by atoms with Gasteiger partial charge in [-0.25, -0.2) is 0 Å². The predicted molar refractivity (Wildman–Crippen MR) is 58.1 cm³/mol. The molecule has 0 aromatic carbocycles. The molecule has 0 amide bonds. The Bertz CT molecular complexity index is 479. The molecule has 0 saturated heterocycles. The molecule has 1 atom stereocenters. The second-order valence-electron chi connectivity index (χ2n) is 3.49. The van der Waals surface area contributed by atoms with Crippen LogP contribution in [-0.4, -0.2) is 27.4 Å². The SMILES string of the molecule is O=C(O)C1NCCc2cc(P(=O)(O)O)sc21. The number of rotatable bonds is 2. The highest BCUT2D eigenvalue weighted by molar-refractivity contribution is 7.67. The van der Waals surface area contributed by atoms with Gasteiger partial charge in [0, 0.05) is 11.4 Å². The number of hydrogen-bond donors (Lipinski definition) is 4. The van der Waals surface area contributed by atoms with Gasteiger partial charge in [-0.2, -0.15) is 0 Å². The predicted octanol–water partition coefficient (Wildman–Crippen LogP) is -0.178. The Kier molecular flexibility index (Phi) is 2.90. The van der Waals surface area contributed by atoms with E-state index in [4.69, 9.17) is 14.9 Å². The van der Waals surface area contributed by atoms with E-state index in [0.717, 1.165) is 16.9 Å². The third kappa shape index (κ3) is 2.05. The number of hydrogen-bond acceptors (Lipinski definition) is 4. The number of thiophene rings is 1. The molecule has 0 radical (unpaired) electrons. The molecule has 0 fully saturated rings. The van der Waals surface area contributed by atoms with Gasteiger partial charge in [0.05, 0.1) is 0 Å². The van der Waals surface area contributed by atoms with E-state index in [1.807, 2.05) is 0 Å². The van der Waals surface area contributed by atoms with Gasteiger partial charge in [-0.15, -0.1) is 11.3 Å². The molecule has 8 heteroatoms. The van der Waals surface area contributed by atoms with E-state index in [1.165, 1.54) is 6.07 Å². The van der Waals surface area contributed by atoms with Crippen molar-refractivity contribution >= 4 is 29.5 Å². The van der Waals surface area contributed by atoms with Gasteiger partial charge in [0.15, 0.2) is 0 Å². The zero-order chi connectivity index (χ0) is 11.9. The molecule has 1 aliphatic heterocycles. The number of aliphatic carboxylic acids is 1. The van der Waals surface area contributed by atoms with Crippen molar-refractivity contribution < 1.29 is 24.3 Å². The summed E-state index contributed by atoms with van der Waals surface area (Å²) in [6.45, 7) is 0.501. The zero-order valence-corrected chi connectivity index (χ0v) is 9.79. The largest absolute Gasteiger partial charge is 0.480 e. The van der Waals surface area contributed by atoms with Gasteiger partial charge in [0.1, 0.15) is 10.7 Å². The van der Waals surface area contributed by atoms with Crippen LogP contribution in [0.4, 0.5) is 0 Å². The summed E-state index contributed by atoms with van der Waals surface area (Å²) in [5, 5.41) is 11.7. The molecular formula is C8H10NO5PS. The Morgan fingerprint density at radius 3 is 2.81 bits per heavy atom. The number of fused-ring (bicyclic) bond motifs is 1. The molecule has 2 rings (SSSR count). The van der Waals surface area contributed by atoms with Crippen LogP contribution in [0.5, 0.6) is 0 Å². The maximum Gasteiger partial charge on any atom is 0.366 e. The molecule has 0 saturated carbocycles. The fraction of sp³-hybridized carbons (Fsp3) is 0.375. The summed E-state index contributed by atoms with van der Waals surface area (Å²) in [5.41, 5.74) is 0.717. The average molecular weight is 263 g/mol. The lowest BCUT2D eigenvalue weighted by Crippen LogP contribution is -2.33. The third-order valence-electron chi connectivity index (χ3n) is 2.37. The molecule has 4 N–H and O–H groups in total. The van der Waals surface area contributed by atoms with Crippen LogP contribution in [0.3, 0.4) is 0 Å². The van der Waals surface area contributed by atoms with Gasteiger partial charge in [-0.3, -0.25) is 14.7 Å². The van der Waals surface area contributed by atoms with Crippen molar-refractivity contribution in [3.8, 4) is 0 Å². The van der Waals surface area contributed by atoms with E-state index < -0.39 is 19.6 Å². The Morgan fingerprint density at radius 1 is 1.56 bits per heavy atom. The lowest BCUT2D eigenvalue weighted by atomic mass is 10.0. The summed E-state index contributed by atoms with van der Waals surface area (Å²) in [4.78, 5) is 29.5. The molecule has 6 nitrogen and oxygen atoms in total. The minimum atomic E-state index is -4.28. The van der Waals surface area contributed by atoms with Gasteiger partial charge >= 0.3 is 13.6 Å². The normalized spacial score (nSPS) is 20.5. The van der Waals surface area contributed by atoms with Crippen LogP contribution in [0.1, 0.15) is 16.5 Å². The van der Waals surface area contributed by atoms with Crippen molar-refractivity contribution in [2.45, 2.75) is 12.5 Å². The van der Waals surface area contributed by atoms with Crippen molar-refractivity contribution in [2.24, 2.45) is 0 Å². The van der Waals surface area contributed by atoms with Crippen LogP contribution < -0.4 is 9.94 Å². The van der Waals surface area contributed by atoms with E-state index in [2.05, 4.69) is 5.32 Å². The van der Waals surface area contributed by atoms with Gasteiger partial charge < -0.3 is 14.9 Å². The Balaban J connectivity index is 2.46. The monoisotopic (exact) mass is 263 g/mol. The van der Waals surface area contributed by atoms with Gasteiger partial charge in [-0.05, 0) is 18.1 Å². The number of carboxylic acid groups (broad SMARTS) is 1. The summed E-state index contributed by atoms with van der Waals surface area (Å²) in [6, 6.07) is 0.562. The zero-order valence-electron chi connectivity index (χ0n) is 8.08. The third-order valence-corrected chi connectivity index (χ3v) is 5.10. The van der Waals surface area contributed by atoms with E-state index in [-0.39, 0.29) is 4.62 Å². The lowest BCUT2D eigenvalue weighted by Gasteiger charge is -2.19. The second-order valence-corrected chi connectivity index (χ2v) is 6.45. The summed E-state index contributed by atoms with van der Waals surface area (Å²) < 4.78 is 11.0. The molecule has 0 aliphatic carbocycles. The summed E-state index contributed by atoms with van der Waals surface area (Å²) in [6.07, 6.45) is 0.593. The van der Waals surface area contributed by atoms with Gasteiger partial charge in [0.25, 0.3) is 0 Å². The van der Waals surface area contributed by atoms with E-state index >= 15 is 0 Å². The van der Waals surface area contributed by atoms with Crippen molar-refractivity contribution in [2.75, 3.05) is 6.54 Å². The molecule has 2 heterocycles. The molecule has 1 aliphatic rings. The first-order valence-electron chi connectivity index (χ1n) is 4.54. The Hall–Kier alpha value is -0.720. The van der Waals surface area contributed by atoms with Crippen molar-refractivity contribution in [1.82, 2.24) is 5.32 Å². The van der Waals surface area contributed by atoms with Gasteiger partial charge in [-0.1, -0.05) is 0 Å². The molecular weight excluding hydrogens is 253 g/mol. The first kappa shape index (κ1) is 11.8. The molecule has 1 unspecified atom stereocenters. The number of carbonyl (C=O) groups is 1. The Morgan fingerprint density at radius 2 is 2.25 bits per heavy atom. The molecule has 1 aromatic heterocycles.